The van der Waals surface area contributed by atoms with E-state index < -0.39 is 15.8 Å². The van der Waals surface area contributed by atoms with Gasteiger partial charge in [-0.25, -0.2) is 4.68 Å². The van der Waals surface area contributed by atoms with Crippen molar-refractivity contribution in [1.29, 1.82) is 0 Å². The summed E-state index contributed by atoms with van der Waals surface area (Å²) in [5.74, 6) is 0.214. The SMILES string of the molecule is Cc1cc(NC(=O)COc2ccc([N+](=O)[O-])cc2)n(-c2ccc([N+](=O)[O-])cc2)n1. The van der Waals surface area contributed by atoms with Gasteiger partial charge in [-0.15, -0.1) is 0 Å². The van der Waals surface area contributed by atoms with Crippen molar-refractivity contribution in [3.05, 3.63) is 80.5 Å². The number of carbonyl (C=O) groups excluding carboxylic acids is 1. The van der Waals surface area contributed by atoms with Crippen LogP contribution in [0.3, 0.4) is 0 Å². The molecule has 1 amide bonds. The fourth-order valence-electron chi connectivity index (χ4n) is 2.49. The number of anilines is 1. The largest absolute Gasteiger partial charge is 0.484 e. The summed E-state index contributed by atoms with van der Waals surface area (Å²) in [6, 6.07) is 12.7. The van der Waals surface area contributed by atoms with Crippen LogP contribution in [0, 0.1) is 27.2 Å². The Morgan fingerprint density at radius 1 is 1.03 bits per heavy atom. The van der Waals surface area contributed by atoms with Gasteiger partial charge in [0.25, 0.3) is 17.3 Å². The van der Waals surface area contributed by atoms with Gasteiger partial charge in [-0.1, -0.05) is 0 Å². The number of rotatable bonds is 7. The van der Waals surface area contributed by atoms with Gasteiger partial charge < -0.3 is 10.1 Å². The Bertz CT molecular complexity index is 1060. The van der Waals surface area contributed by atoms with Crippen LogP contribution in [-0.2, 0) is 4.79 Å². The predicted molar refractivity (Wildman–Crippen MR) is 102 cm³/mol. The first kappa shape index (κ1) is 19.5. The molecule has 1 aromatic heterocycles. The van der Waals surface area contributed by atoms with E-state index in [9.17, 15) is 25.0 Å². The minimum Gasteiger partial charge on any atom is -0.484 e. The van der Waals surface area contributed by atoms with Crippen LogP contribution in [0.4, 0.5) is 17.2 Å². The zero-order valence-corrected chi connectivity index (χ0v) is 15.1. The molecule has 3 aromatic rings. The lowest BCUT2D eigenvalue weighted by atomic mass is 10.3. The molecule has 0 aliphatic carbocycles. The molecule has 0 aliphatic rings. The van der Waals surface area contributed by atoms with Crippen LogP contribution in [0.5, 0.6) is 5.75 Å². The molecule has 29 heavy (non-hydrogen) atoms. The Morgan fingerprint density at radius 3 is 2.14 bits per heavy atom. The first-order valence-electron chi connectivity index (χ1n) is 8.32. The number of amides is 1. The maximum atomic E-state index is 12.2. The lowest BCUT2D eigenvalue weighted by Crippen LogP contribution is -2.21. The van der Waals surface area contributed by atoms with E-state index in [4.69, 9.17) is 4.74 Å². The molecule has 0 aliphatic heterocycles. The van der Waals surface area contributed by atoms with Crippen LogP contribution in [-0.4, -0.2) is 32.1 Å². The zero-order valence-electron chi connectivity index (χ0n) is 15.1. The van der Waals surface area contributed by atoms with Crippen LogP contribution in [0.2, 0.25) is 0 Å². The second kappa shape index (κ2) is 8.17. The minimum atomic E-state index is -0.530. The highest BCUT2D eigenvalue weighted by molar-refractivity contribution is 5.91. The average Bonchev–Trinajstić information content (AvgIpc) is 3.06. The van der Waals surface area contributed by atoms with Gasteiger partial charge in [-0.05, 0) is 31.2 Å². The third-order valence-corrected chi connectivity index (χ3v) is 3.82. The molecule has 0 radical (unpaired) electrons. The molecule has 148 valence electrons. The third-order valence-electron chi connectivity index (χ3n) is 3.82. The number of nitrogens with one attached hydrogen (secondary N) is 1. The van der Waals surface area contributed by atoms with Gasteiger partial charge in [0, 0.05) is 30.3 Å². The molecule has 1 N–H and O–H groups in total. The normalized spacial score (nSPS) is 10.4. The summed E-state index contributed by atoms with van der Waals surface area (Å²) in [5, 5.41) is 28.4. The molecule has 0 atom stereocenters. The highest BCUT2D eigenvalue weighted by Gasteiger charge is 2.13. The molecule has 0 saturated carbocycles. The molecule has 0 saturated heterocycles. The number of nitro benzene ring substituents is 2. The third kappa shape index (κ3) is 4.71. The van der Waals surface area contributed by atoms with Crippen LogP contribution >= 0.6 is 0 Å². The Hall–Kier alpha value is -4.28. The number of aromatic nitrogens is 2. The second-order valence-electron chi connectivity index (χ2n) is 5.94. The molecule has 0 unspecified atom stereocenters. The maximum Gasteiger partial charge on any atom is 0.269 e. The van der Waals surface area contributed by atoms with Crippen LogP contribution < -0.4 is 10.1 Å². The molecule has 3 rings (SSSR count). The van der Waals surface area contributed by atoms with Crippen molar-refractivity contribution in [3.8, 4) is 11.4 Å². The molecule has 2 aromatic carbocycles. The Balaban J connectivity index is 1.67. The van der Waals surface area contributed by atoms with Crippen molar-refractivity contribution < 1.29 is 19.4 Å². The predicted octanol–water partition coefficient (Wildman–Crippen LogP) is 3.01. The fourth-order valence-corrected chi connectivity index (χ4v) is 2.49. The van der Waals surface area contributed by atoms with Crippen molar-refractivity contribution >= 4 is 23.1 Å². The van der Waals surface area contributed by atoms with E-state index in [0.29, 0.717) is 22.9 Å². The van der Waals surface area contributed by atoms with Crippen molar-refractivity contribution in [2.75, 3.05) is 11.9 Å². The summed E-state index contributed by atoms with van der Waals surface area (Å²) < 4.78 is 6.78. The molecular weight excluding hydrogens is 382 g/mol. The van der Waals surface area contributed by atoms with Crippen LogP contribution in [0.15, 0.2) is 54.6 Å². The van der Waals surface area contributed by atoms with Crippen molar-refractivity contribution in [2.45, 2.75) is 6.92 Å². The van der Waals surface area contributed by atoms with Gasteiger partial charge in [-0.3, -0.25) is 25.0 Å². The summed E-state index contributed by atoms with van der Waals surface area (Å²) in [6.07, 6.45) is 0. The Morgan fingerprint density at radius 2 is 1.59 bits per heavy atom. The highest BCUT2D eigenvalue weighted by atomic mass is 16.6. The number of hydrogen-bond donors (Lipinski definition) is 1. The number of benzene rings is 2. The molecule has 0 fully saturated rings. The van der Waals surface area contributed by atoms with Crippen LogP contribution in [0.25, 0.3) is 5.69 Å². The number of nitro groups is 2. The van der Waals surface area contributed by atoms with Gasteiger partial charge in [0.1, 0.15) is 11.6 Å². The quantitative estimate of drug-likeness (QED) is 0.477. The number of ether oxygens (including phenoxy) is 1. The van der Waals surface area contributed by atoms with E-state index in [0.717, 1.165) is 0 Å². The zero-order chi connectivity index (χ0) is 21.0. The Labute approximate surface area is 163 Å². The average molecular weight is 397 g/mol. The second-order valence-corrected chi connectivity index (χ2v) is 5.94. The van der Waals surface area contributed by atoms with Crippen molar-refractivity contribution in [3.63, 3.8) is 0 Å². The molecule has 11 heteroatoms. The first-order chi connectivity index (χ1) is 13.8. The van der Waals surface area contributed by atoms with E-state index in [1.165, 1.54) is 53.2 Å². The summed E-state index contributed by atoms with van der Waals surface area (Å²) >= 11 is 0. The maximum absolute atomic E-state index is 12.2. The van der Waals surface area contributed by atoms with E-state index >= 15 is 0 Å². The monoisotopic (exact) mass is 397 g/mol. The molecule has 0 spiro atoms. The van der Waals surface area contributed by atoms with Gasteiger partial charge in [0.15, 0.2) is 6.61 Å². The molecule has 11 nitrogen and oxygen atoms in total. The minimum absolute atomic E-state index is 0.0558. The van der Waals surface area contributed by atoms with E-state index in [-0.39, 0.29) is 18.0 Å². The topological polar surface area (TPSA) is 142 Å². The summed E-state index contributed by atoms with van der Waals surface area (Å²) in [6.45, 7) is 1.42. The molecule has 0 bridgehead atoms. The van der Waals surface area contributed by atoms with Gasteiger partial charge in [0.2, 0.25) is 0 Å². The van der Waals surface area contributed by atoms with Gasteiger partial charge >= 0.3 is 0 Å². The fraction of sp³-hybridized carbons (Fsp3) is 0.111. The molecular formula is C18H15N5O6. The highest BCUT2D eigenvalue weighted by Crippen LogP contribution is 2.21. The number of non-ortho nitro benzene ring substituents is 2. The number of carbonyl (C=O) groups is 1. The Kier molecular flexibility index (Phi) is 5.49. The number of nitrogens with zero attached hydrogens (tertiary/aromatic N) is 4. The van der Waals surface area contributed by atoms with Crippen molar-refractivity contribution in [2.24, 2.45) is 0 Å². The van der Waals surface area contributed by atoms with E-state index in [1.54, 1.807) is 13.0 Å². The molecule has 1 heterocycles. The van der Waals surface area contributed by atoms with Crippen LogP contribution in [0.1, 0.15) is 5.69 Å². The van der Waals surface area contributed by atoms with Gasteiger partial charge in [-0.2, -0.15) is 5.10 Å². The van der Waals surface area contributed by atoms with E-state index in [1.807, 2.05) is 0 Å². The number of hydrogen-bond acceptors (Lipinski definition) is 7. The van der Waals surface area contributed by atoms with E-state index in [2.05, 4.69) is 10.4 Å². The summed E-state index contributed by atoms with van der Waals surface area (Å²) in [7, 11) is 0. The summed E-state index contributed by atoms with van der Waals surface area (Å²) in [5.41, 5.74) is 1.04. The number of aryl methyl sites for hydroxylation is 1. The smallest absolute Gasteiger partial charge is 0.269 e. The van der Waals surface area contributed by atoms with Crippen molar-refractivity contribution in [1.82, 2.24) is 9.78 Å². The lowest BCUT2D eigenvalue weighted by molar-refractivity contribution is -0.385. The van der Waals surface area contributed by atoms with Gasteiger partial charge in [0.05, 0.1) is 21.2 Å². The summed E-state index contributed by atoms with van der Waals surface area (Å²) in [4.78, 5) is 32.6. The standard InChI is InChI=1S/C18H15N5O6/c1-12-10-17(21(20-12)13-2-4-14(5-3-13)22(25)26)19-18(24)11-29-16-8-6-15(7-9-16)23(27)28/h2-10H,11H2,1H3,(H,19,24). The first-order valence-corrected chi connectivity index (χ1v) is 8.32. The lowest BCUT2D eigenvalue weighted by Gasteiger charge is -2.10.